The molecule has 0 radical (unpaired) electrons. The van der Waals surface area contributed by atoms with Gasteiger partial charge in [-0.1, -0.05) is 231 Å². The summed E-state index contributed by atoms with van der Waals surface area (Å²) < 4.78 is 95.2. The highest BCUT2D eigenvalue weighted by Crippen LogP contribution is 2.70. The van der Waals surface area contributed by atoms with Crippen LogP contribution >= 0.6 is 86.6 Å². The van der Waals surface area contributed by atoms with E-state index >= 15 is 0 Å². The van der Waals surface area contributed by atoms with Crippen molar-refractivity contribution in [3.8, 4) is 0 Å². The van der Waals surface area contributed by atoms with E-state index in [1.165, 1.54) is 62.0 Å². The summed E-state index contributed by atoms with van der Waals surface area (Å²) in [5, 5.41) is 10.6. The van der Waals surface area contributed by atoms with E-state index in [4.69, 9.17) is 27.1 Å². The Bertz CT molecular complexity index is 5380. The zero-order valence-electron chi connectivity index (χ0n) is 56.9. The third-order valence-electron chi connectivity index (χ3n) is 17.7. The number of aryl methyl sites for hydroxylation is 2. The van der Waals surface area contributed by atoms with Crippen LogP contribution in [0.2, 0.25) is 0 Å². The van der Waals surface area contributed by atoms with Gasteiger partial charge in [-0.05, 0) is 125 Å². The standard InChI is InChI=1S/C25H21O3P.C24H19O2PS2.C20H17O3PS.C14H15O2PS2/c1-2-27-29(26)22-17-20-15-9-10-16-21(20)24(22)23(18-11-5-3-6-12-18)25(28-29)19-13-7-4-8-14-19;1-16-5-9-18(10-6-16)22-20-13-15-29-24(20)27(25,21-4-3-14-28-21)26-23(22)19-11-7-17(2)8-12-19;1-2-22-24(21)20-17(13-14-25-20)18(15-9-5-3-6-10-15)19(23-24)16-11-7-4-8-12-16;1-3-10-11-7-9-19-14(11)17(15,16-12(10)4-2)13-6-5-8-18-13/h3-16H,2,17H2,1H3;3-15H,1-2H3;3-14H,2H2,1H3;5-9H,3-4H2,1-2H3. The quantitative estimate of drug-likeness (QED) is 0.0972. The summed E-state index contributed by atoms with van der Waals surface area (Å²) in [6.45, 7) is 12.7. The zero-order valence-corrected chi connectivity index (χ0v) is 64.5. The van der Waals surface area contributed by atoms with E-state index in [0.29, 0.717) is 41.5 Å². The fourth-order valence-electron chi connectivity index (χ4n) is 13.1. The van der Waals surface area contributed by atoms with E-state index < -0.39 is 29.9 Å². The maximum absolute atomic E-state index is 14.2. The molecule has 0 N–H and O–H groups in total. The molecule has 102 heavy (non-hydrogen) atoms. The molecule has 19 heteroatoms. The molecule has 0 saturated carbocycles. The highest BCUT2D eigenvalue weighted by atomic mass is 32.1. The van der Waals surface area contributed by atoms with E-state index in [1.807, 2.05) is 192 Å². The monoisotopic (exact) mass is 1510 g/mol. The van der Waals surface area contributed by atoms with Crippen molar-refractivity contribution in [2.45, 2.75) is 60.8 Å². The molecule has 514 valence electrons. The first kappa shape index (κ1) is 70.8. The first-order chi connectivity index (χ1) is 49.7. The second-order valence-electron chi connectivity index (χ2n) is 24.2. The fraction of sp³-hybridized carbons (Fsp3) is 0.133. The van der Waals surface area contributed by atoms with Gasteiger partial charge in [0.1, 0.15) is 46.1 Å². The molecule has 10 nitrogen and oxygen atoms in total. The summed E-state index contributed by atoms with van der Waals surface area (Å²) in [6.07, 6.45) is 2.28. The van der Waals surface area contributed by atoms with Gasteiger partial charge in [0.25, 0.3) is 0 Å². The maximum Gasteiger partial charge on any atom is 0.421 e. The molecule has 12 aromatic rings. The summed E-state index contributed by atoms with van der Waals surface area (Å²) in [5.41, 5.74) is 18.7. The number of allylic oxidation sites excluding steroid dienone is 5. The minimum Gasteiger partial charge on any atom is -0.440 e. The molecule has 17 rings (SSSR count). The van der Waals surface area contributed by atoms with Crippen LogP contribution in [0.3, 0.4) is 0 Å². The Morgan fingerprint density at radius 2 is 0.755 bits per heavy atom. The molecule has 5 aliphatic rings. The van der Waals surface area contributed by atoms with Crippen LogP contribution in [0.5, 0.6) is 0 Å². The van der Waals surface area contributed by atoms with Crippen molar-refractivity contribution in [3.05, 3.63) is 347 Å². The van der Waals surface area contributed by atoms with Gasteiger partial charge >= 0.3 is 29.9 Å². The number of hydrogen-bond donors (Lipinski definition) is 0. The predicted octanol–water partition coefficient (Wildman–Crippen LogP) is 23.5. The van der Waals surface area contributed by atoms with Gasteiger partial charge in [0.05, 0.1) is 18.5 Å². The molecular weight excluding hydrogens is 1440 g/mol. The molecule has 7 aromatic carbocycles. The van der Waals surface area contributed by atoms with Crippen molar-refractivity contribution >= 4 is 155 Å². The molecule has 5 aromatic heterocycles. The van der Waals surface area contributed by atoms with Gasteiger partial charge in [0.15, 0.2) is 0 Å². The molecule has 9 heterocycles. The van der Waals surface area contributed by atoms with Gasteiger partial charge in [-0.25, -0.2) is 9.13 Å². The van der Waals surface area contributed by atoms with Crippen molar-refractivity contribution in [1.82, 2.24) is 0 Å². The van der Waals surface area contributed by atoms with Crippen LogP contribution in [0.1, 0.15) is 113 Å². The van der Waals surface area contributed by atoms with Crippen LogP contribution in [-0.4, -0.2) is 13.2 Å². The summed E-state index contributed by atoms with van der Waals surface area (Å²) in [6, 6.07) is 78.6. The Kier molecular flexibility index (Phi) is 21.2. The fourth-order valence-corrected chi connectivity index (χ4v) is 28.5. The molecule has 0 amide bonds. The Hall–Kier alpha value is -8.22. The lowest BCUT2D eigenvalue weighted by molar-refractivity contribution is 0.275. The third kappa shape index (κ3) is 13.7. The lowest BCUT2D eigenvalue weighted by atomic mass is 9.90. The van der Waals surface area contributed by atoms with Gasteiger partial charge in [0, 0.05) is 68.5 Å². The number of rotatable bonds is 14. The number of benzene rings is 7. The Morgan fingerprint density at radius 1 is 0.343 bits per heavy atom. The van der Waals surface area contributed by atoms with Crippen LogP contribution in [0.15, 0.2) is 275 Å². The maximum atomic E-state index is 14.2. The normalized spacial score (nSPS) is 19.9. The Balaban J connectivity index is 0.000000117. The zero-order chi connectivity index (χ0) is 70.6. The van der Waals surface area contributed by atoms with Crippen LogP contribution < -0.4 is 23.1 Å². The minimum atomic E-state index is -3.46. The van der Waals surface area contributed by atoms with E-state index in [2.05, 4.69) is 113 Å². The highest BCUT2D eigenvalue weighted by molar-refractivity contribution is 7.84. The molecule has 4 unspecified atom stereocenters. The smallest absolute Gasteiger partial charge is 0.421 e. The van der Waals surface area contributed by atoms with Crippen LogP contribution in [-0.2, 0) is 51.8 Å². The second kappa shape index (κ2) is 30.6. The topological polar surface area (TPSA) is 124 Å². The summed E-state index contributed by atoms with van der Waals surface area (Å²) in [4.78, 5) is 0. The van der Waals surface area contributed by atoms with Crippen molar-refractivity contribution in [3.63, 3.8) is 0 Å². The molecule has 0 spiro atoms. The molecule has 0 saturated heterocycles. The van der Waals surface area contributed by atoms with Gasteiger partial charge in [0.2, 0.25) is 0 Å². The summed E-state index contributed by atoms with van der Waals surface area (Å²) in [5.74, 6) is 2.81. The average molecular weight is 1510 g/mol. The van der Waals surface area contributed by atoms with Crippen molar-refractivity contribution < 1.29 is 45.4 Å². The molecule has 4 atom stereocenters. The van der Waals surface area contributed by atoms with E-state index in [-0.39, 0.29) is 0 Å². The van der Waals surface area contributed by atoms with E-state index in [0.717, 1.165) is 126 Å². The molecule has 1 aliphatic carbocycles. The average Bonchev–Trinajstić information content (AvgIpc) is 1.52. The van der Waals surface area contributed by atoms with Crippen molar-refractivity contribution in [2.24, 2.45) is 0 Å². The molecule has 0 bridgehead atoms. The molecule has 0 fully saturated rings. The summed E-state index contributed by atoms with van der Waals surface area (Å²) in [7, 11) is -12.9. The third-order valence-corrected chi connectivity index (χ3v) is 34.1. The second-order valence-corrected chi connectivity index (χ2v) is 38.6. The molecular formula is C83H72O10P4S5. The van der Waals surface area contributed by atoms with Crippen LogP contribution in [0.25, 0.3) is 45.1 Å². The van der Waals surface area contributed by atoms with Gasteiger partial charge in [-0.2, -0.15) is 0 Å². The Labute approximate surface area is 616 Å². The SMILES string of the molecule is CCC1=C(CC)c2ccsc2P(=O)(c2cccs2)O1.CCOP1(=O)OC(c2ccccc2)=C(c2ccccc2)C2=C1Cc1ccccc12.CCOP1(=O)OC(c2ccccc2)=C(c2ccccc2)c2ccsc21.Cc1ccc(C2=C(c3ccc(C)cc3)c3ccsc3P(=O)(c3cccs3)O2)cc1. The van der Waals surface area contributed by atoms with Gasteiger partial charge in [-0.15, -0.1) is 56.7 Å². The van der Waals surface area contributed by atoms with Gasteiger partial charge in [-0.3, -0.25) is 18.2 Å². The van der Waals surface area contributed by atoms with Crippen molar-refractivity contribution in [1.29, 1.82) is 0 Å². The number of thiophene rings is 5. The van der Waals surface area contributed by atoms with E-state index in [1.54, 1.807) is 11.3 Å². The lowest BCUT2D eigenvalue weighted by Crippen LogP contribution is -2.21. The van der Waals surface area contributed by atoms with Gasteiger partial charge < -0.3 is 18.1 Å². The van der Waals surface area contributed by atoms with E-state index in [9.17, 15) is 18.3 Å². The predicted molar refractivity (Wildman–Crippen MR) is 429 cm³/mol. The minimum absolute atomic E-state index is 0.327. The molecule has 4 aliphatic heterocycles. The number of hydrogen-bond acceptors (Lipinski definition) is 15. The van der Waals surface area contributed by atoms with Crippen LogP contribution in [0, 0.1) is 13.8 Å². The highest BCUT2D eigenvalue weighted by Gasteiger charge is 2.47. The first-order valence-corrected chi connectivity index (χ1v) is 44.4. The number of fused-ring (bicyclic) bond motifs is 5. The Morgan fingerprint density at radius 3 is 1.27 bits per heavy atom. The van der Waals surface area contributed by atoms with Crippen molar-refractivity contribution in [2.75, 3.05) is 13.2 Å². The lowest BCUT2D eigenvalue weighted by Gasteiger charge is -2.30. The van der Waals surface area contributed by atoms with Crippen LogP contribution in [0.4, 0.5) is 0 Å². The largest absolute Gasteiger partial charge is 0.440 e. The first-order valence-electron chi connectivity index (χ1n) is 33.6. The summed E-state index contributed by atoms with van der Waals surface area (Å²) >= 11 is 7.49.